The van der Waals surface area contributed by atoms with E-state index in [2.05, 4.69) is 6.07 Å². The van der Waals surface area contributed by atoms with Gasteiger partial charge in [0.15, 0.2) is 0 Å². The van der Waals surface area contributed by atoms with Crippen molar-refractivity contribution in [3.05, 3.63) is 34.9 Å². The van der Waals surface area contributed by atoms with Crippen LogP contribution in [0.25, 0.3) is 0 Å². The van der Waals surface area contributed by atoms with Gasteiger partial charge in [0.05, 0.1) is 17.6 Å². The molecule has 1 aromatic carbocycles. The molecule has 1 aliphatic carbocycles. The largest absolute Gasteiger partial charge is 0.385 e. The van der Waals surface area contributed by atoms with Crippen molar-refractivity contribution in [3.63, 3.8) is 0 Å². The summed E-state index contributed by atoms with van der Waals surface area (Å²) < 4.78 is 0. The first-order valence-corrected chi connectivity index (χ1v) is 4.90. The molecule has 0 amide bonds. The highest BCUT2D eigenvalue weighted by molar-refractivity contribution is 6.30. The number of halogens is 1. The Morgan fingerprint density at radius 1 is 1.36 bits per heavy atom. The Morgan fingerprint density at radius 3 is 2.43 bits per heavy atom. The average Bonchev–Trinajstić information content (AvgIpc) is 2.14. The molecule has 0 aromatic heterocycles. The third-order valence-corrected chi connectivity index (χ3v) is 2.98. The summed E-state index contributed by atoms with van der Waals surface area (Å²) in [6.07, 6.45) is 1.07. The van der Waals surface area contributed by atoms with E-state index in [0.29, 0.717) is 17.9 Å². The molecule has 1 N–H and O–H groups in total. The Labute approximate surface area is 87.7 Å². The fourth-order valence-corrected chi connectivity index (χ4v) is 1.97. The Morgan fingerprint density at radius 2 is 1.93 bits per heavy atom. The molecule has 0 saturated heterocycles. The minimum absolute atomic E-state index is 0.00400. The standard InChI is InChI=1S/C11H10ClNO/c12-10-3-1-9(2-4-10)11(14)5-8(6-11)7-13/h1-4,8,14H,5-6H2. The molecule has 0 unspecified atom stereocenters. The van der Waals surface area contributed by atoms with Crippen molar-refractivity contribution < 1.29 is 5.11 Å². The van der Waals surface area contributed by atoms with Crippen LogP contribution < -0.4 is 0 Å². The zero-order valence-corrected chi connectivity index (χ0v) is 8.33. The number of hydrogen-bond acceptors (Lipinski definition) is 2. The number of hydrogen-bond donors (Lipinski definition) is 1. The van der Waals surface area contributed by atoms with Crippen molar-refractivity contribution in [2.45, 2.75) is 18.4 Å². The second-order valence-electron chi connectivity index (χ2n) is 3.77. The first-order valence-electron chi connectivity index (χ1n) is 4.52. The SMILES string of the molecule is N#CC1CC(O)(c2ccc(Cl)cc2)C1. The van der Waals surface area contributed by atoms with Crippen LogP contribution in [0, 0.1) is 17.2 Å². The van der Waals surface area contributed by atoms with Crippen LogP contribution in [0.15, 0.2) is 24.3 Å². The molecule has 0 atom stereocenters. The van der Waals surface area contributed by atoms with E-state index >= 15 is 0 Å². The van der Waals surface area contributed by atoms with E-state index in [0.717, 1.165) is 5.56 Å². The van der Waals surface area contributed by atoms with Crippen LogP contribution in [0.3, 0.4) is 0 Å². The van der Waals surface area contributed by atoms with Gasteiger partial charge in [-0.3, -0.25) is 0 Å². The zero-order valence-electron chi connectivity index (χ0n) is 7.57. The minimum Gasteiger partial charge on any atom is -0.385 e. The van der Waals surface area contributed by atoms with Crippen molar-refractivity contribution in [3.8, 4) is 6.07 Å². The summed E-state index contributed by atoms with van der Waals surface area (Å²) in [6.45, 7) is 0. The first-order chi connectivity index (χ1) is 6.64. The third-order valence-electron chi connectivity index (χ3n) is 2.73. The summed E-state index contributed by atoms with van der Waals surface area (Å²) in [5.41, 5.74) is 0.0544. The molecule has 0 bridgehead atoms. The molecule has 0 aliphatic heterocycles. The molecule has 2 rings (SSSR count). The molecule has 72 valence electrons. The van der Waals surface area contributed by atoms with Gasteiger partial charge in [-0.05, 0) is 30.5 Å². The Kier molecular flexibility index (Phi) is 2.22. The number of nitriles is 1. The van der Waals surface area contributed by atoms with Gasteiger partial charge in [-0.1, -0.05) is 23.7 Å². The lowest BCUT2D eigenvalue weighted by molar-refractivity contribution is -0.0628. The maximum Gasteiger partial charge on any atom is 0.0921 e. The van der Waals surface area contributed by atoms with Gasteiger partial charge in [0, 0.05) is 5.02 Å². The lowest BCUT2D eigenvalue weighted by Crippen LogP contribution is -2.40. The molecule has 0 radical (unpaired) electrons. The van der Waals surface area contributed by atoms with Crippen molar-refractivity contribution >= 4 is 11.6 Å². The van der Waals surface area contributed by atoms with E-state index in [4.69, 9.17) is 16.9 Å². The lowest BCUT2D eigenvalue weighted by Gasteiger charge is -2.40. The molecule has 1 aromatic rings. The van der Waals surface area contributed by atoms with Gasteiger partial charge in [0.1, 0.15) is 0 Å². The maximum absolute atomic E-state index is 10.1. The van der Waals surface area contributed by atoms with Gasteiger partial charge in [-0.2, -0.15) is 5.26 Å². The summed E-state index contributed by atoms with van der Waals surface area (Å²) in [4.78, 5) is 0. The molecule has 1 aliphatic rings. The van der Waals surface area contributed by atoms with Gasteiger partial charge in [0.2, 0.25) is 0 Å². The highest BCUT2D eigenvalue weighted by Crippen LogP contribution is 2.45. The van der Waals surface area contributed by atoms with Crippen LogP contribution in [0.4, 0.5) is 0 Å². The van der Waals surface area contributed by atoms with Crippen molar-refractivity contribution in [2.75, 3.05) is 0 Å². The van der Waals surface area contributed by atoms with Gasteiger partial charge in [0.25, 0.3) is 0 Å². The molecular formula is C11H10ClNO. The molecule has 1 saturated carbocycles. The monoisotopic (exact) mass is 207 g/mol. The number of benzene rings is 1. The molecule has 0 heterocycles. The fraction of sp³-hybridized carbons (Fsp3) is 0.364. The molecule has 1 fully saturated rings. The summed E-state index contributed by atoms with van der Waals surface area (Å²) in [5.74, 6) is -0.00400. The van der Waals surface area contributed by atoms with E-state index in [1.54, 1.807) is 12.1 Å². The quantitative estimate of drug-likeness (QED) is 0.769. The normalized spacial score (nSPS) is 30.5. The van der Waals surface area contributed by atoms with Crippen LogP contribution in [0.2, 0.25) is 5.02 Å². The van der Waals surface area contributed by atoms with E-state index < -0.39 is 5.60 Å². The summed E-state index contributed by atoms with van der Waals surface area (Å²) in [5, 5.41) is 19.4. The topological polar surface area (TPSA) is 44.0 Å². The highest BCUT2D eigenvalue weighted by atomic mass is 35.5. The van der Waals surface area contributed by atoms with E-state index in [-0.39, 0.29) is 5.92 Å². The second kappa shape index (κ2) is 3.27. The van der Waals surface area contributed by atoms with E-state index in [1.165, 1.54) is 0 Å². The van der Waals surface area contributed by atoms with E-state index in [1.807, 2.05) is 12.1 Å². The Hall–Kier alpha value is -1.04. The first kappa shape index (κ1) is 9.51. The smallest absolute Gasteiger partial charge is 0.0921 e. The Bertz CT molecular complexity index is 373. The molecule has 2 nitrogen and oxygen atoms in total. The van der Waals surface area contributed by atoms with Gasteiger partial charge in [-0.25, -0.2) is 0 Å². The molecule has 14 heavy (non-hydrogen) atoms. The molecular weight excluding hydrogens is 198 g/mol. The zero-order chi connectivity index (χ0) is 10.2. The van der Waals surface area contributed by atoms with Crippen molar-refractivity contribution in [1.29, 1.82) is 5.26 Å². The van der Waals surface area contributed by atoms with Gasteiger partial charge >= 0.3 is 0 Å². The van der Waals surface area contributed by atoms with Crippen LogP contribution in [-0.4, -0.2) is 5.11 Å². The van der Waals surface area contributed by atoms with E-state index in [9.17, 15) is 5.11 Å². The average molecular weight is 208 g/mol. The number of nitrogens with zero attached hydrogens (tertiary/aromatic N) is 1. The van der Waals surface area contributed by atoms with Crippen LogP contribution in [0.1, 0.15) is 18.4 Å². The molecule has 0 spiro atoms. The fourth-order valence-electron chi connectivity index (χ4n) is 1.84. The summed E-state index contributed by atoms with van der Waals surface area (Å²) in [6, 6.07) is 9.30. The van der Waals surface area contributed by atoms with Crippen LogP contribution in [-0.2, 0) is 5.60 Å². The van der Waals surface area contributed by atoms with Gasteiger partial charge in [-0.15, -0.1) is 0 Å². The number of aliphatic hydroxyl groups is 1. The molecule has 3 heteroatoms. The van der Waals surface area contributed by atoms with Crippen LogP contribution >= 0.6 is 11.6 Å². The minimum atomic E-state index is -0.801. The predicted molar refractivity (Wildman–Crippen MR) is 53.7 cm³/mol. The number of rotatable bonds is 1. The second-order valence-corrected chi connectivity index (χ2v) is 4.21. The maximum atomic E-state index is 10.1. The van der Waals surface area contributed by atoms with Crippen molar-refractivity contribution in [1.82, 2.24) is 0 Å². The third kappa shape index (κ3) is 1.50. The Balaban J connectivity index is 2.18. The van der Waals surface area contributed by atoms with Crippen LogP contribution in [0.5, 0.6) is 0 Å². The van der Waals surface area contributed by atoms with Crippen molar-refractivity contribution in [2.24, 2.45) is 5.92 Å². The summed E-state index contributed by atoms with van der Waals surface area (Å²) >= 11 is 5.74. The highest BCUT2D eigenvalue weighted by Gasteiger charge is 2.43. The van der Waals surface area contributed by atoms with Gasteiger partial charge < -0.3 is 5.11 Å². The summed E-state index contributed by atoms with van der Waals surface area (Å²) in [7, 11) is 0. The lowest BCUT2D eigenvalue weighted by atomic mass is 9.68. The predicted octanol–water partition coefficient (Wildman–Crippen LogP) is 2.46.